The van der Waals surface area contributed by atoms with Crippen LogP contribution in [0.5, 0.6) is 0 Å². The van der Waals surface area contributed by atoms with E-state index in [1.54, 1.807) is 4.90 Å². The maximum Gasteiger partial charge on any atom is 0.410 e. The van der Waals surface area contributed by atoms with Gasteiger partial charge in [0.05, 0.1) is 5.71 Å². The number of fused-ring (bicyclic) bond motifs is 2. The molecule has 2 heterocycles. The molecule has 2 aliphatic heterocycles. The van der Waals surface area contributed by atoms with Gasteiger partial charge in [-0.2, -0.15) is 0 Å². The first kappa shape index (κ1) is 11.2. The number of nitrogens with zero attached hydrogens (tertiary/aromatic N) is 2. The van der Waals surface area contributed by atoms with Crippen molar-refractivity contribution in [2.24, 2.45) is 5.16 Å². The third-order valence-electron chi connectivity index (χ3n) is 3.02. The van der Waals surface area contributed by atoms with Crippen molar-refractivity contribution in [3.63, 3.8) is 0 Å². The fraction of sp³-hybridized carbons (Fsp3) is 0.818. The van der Waals surface area contributed by atoms with Gasteiger partial charge in [0.2, 0.25) is 0 Å². The van der Waals surface area contributed by atoms with Crippen LogP contribution < -0.4 is 0 Å². The highest BCUT2D eigenvalue weighted by molar-refractivity contribution is 5.89. The molecule has 5 heteroatoms. The van der Waals surface area contributed by atoms with Gasteiger partial charge in [-0.05, 0) is 27.2 Å². The van der Waals surface area contributed by atoms with Crippen LogP contribution in [-0.4, -0.2) is 39.6 Å². The first-order valence-electron chi connectivity index (χ1n) is 5.62. The Morgan fingerprint density at radius 2 is 2.00 bits per heavy atom. The van der Waals surface area contributed by atoms with Gasteiger partial charge in [-0.25, -0.2) is 4.79 Å². The first-order valence-corrected chi connectivity index (χ1v) is 5.62. The second-order valence-electron chi connectivity index (χ2n) is 5.51. The number of rotatable bonds is 0. The minimum atomic E-state index is -0.450. The lowest BCUT2D eigenvalue weighted by molar-refractivity contribution is -0.0342. The van der Waals surface area contributed by atoms with Gasteiger partial charge in [0, 0.05) is 24.9 Å². The van der Waals surface area contributed by atoms with E-state index in [-0.39, 0.29) is 18.2 Å². The fourth-order valence-corrected chi connectivity index (χ4v) is 2.39. The zero-order valence-electron chi connectivity index (χ0n) is 9.93. The Morgan fingerprint density at radius 3 is 2.44 bits per heavy atom. The number of hydrogen-bond acceptors (Lipinski definition) is 4. The molecule has 2 atom stereocenters. The van der Waals surface area contributed by atoms with Crippen molar-refractivity contribution in [2.75, 3.05) is 0 Å². The second-order valence-corrected chi connectivity index (χ2v) is 5.51. The Hall–Kier alpha value is -1.26. The minimum absolute atomic E-state index is 0.166. The molecule has 0 aromatic heterocycles. The molecule has 1 N–H and O–H groups in total. The second kappa shape index (κ2) is 3.64. The van der Waals surface area contributed by atoms with E-state index in [2.05, 4.69) is 5.16 Å². The topological polar surface area (TPSA) is 62.1 Å². The van der Waals surface area contributed by atoms with Crippen LogP contribution >= 0.6 is 0 Å². The lowest BCUT2D eigenvalue weighted by atomic mass is 9.79. The van der Waals surface area contributed by atoms with E-state index in [0.717, 1.165) is 12.1 Å². The van der Waals surface area contributed by atoms with Crippen molar-refractivity contribution >= 4 is 11.8 Å². The Kier molecular flexibility index (Phi) is 2.56. The van der Waals surface area contributed by atoms with Crippen molar-refractivity contribution in [3.8, 4) is 0 Å². The molecule has 2 saturated heterocycles. The van der Waals surface area contributed by atoms with E-state index in [1.165, 1.54) is 0 Å². The molecule has 2 unspecified atom stereocenters. The van der Waals surface area contributed by atoms with Gasteiger partial charge < -0.3 is 14.8 Å². The fourth-order valence-electron chi connectivity index (χ4n) is 2.39. The Bertz CT molecular complexity index is 319. The largest absolute Gasteiger partial charge is 0.444 e. The number of carbonyl (C=O) groups is 1. The van der Waals surface area contributed by atoms with E-state index in [4.69, 9.17) is 9.94 Å². The molecule has 1 saturated carbocycles. The van der Waals surface area contributed by atoms with Crippen LogP contribution in [0.1, 0.15) is 40.0 Å². The van der Waals surface area contributed by atoms with Crippen molar-refractivity contribution in [1.29, 1.82) is 0 Å². The van der Waals surface area contributed by atoms with Crippen molar-refractivity contribution < 1.29 is 14.7 Å². The molecule has 0 aromatic rings. The van der Waals surface area contributed by atoms with Crippen LogP contribution in [0, 0.1) is 0 Å². The van der Waals surface area contributed by atoms with E-state index < -0.39 is 5.60 Å². The summed E-state index contributed by atoms with van der Waals surface area (Å²) in [4.78, 5) is 13.6. The Morgan fingerprint density at radius 1 is 1.44 bits per heavy atom. The Balaban J connectivity index is 1.97. The summed E-state index contributed by atoms with van der Waals surface area (Å²) in [6.45, 7) is 5.59. The zero-order valence-corrected chi connectivity index (χ0v) is 9.93. The average Bonchev–Trinajstić information content (AvgIpc) is 2.14. The highest BCUT2D eigenvalue weighted by Crippen LogP contribution is 2.37. The van der Waals surface area contributed by atoms with E-state index in [9.17, 15) is 4.79 Å². The molecule has 0 radical (unpaired) electrons. The molecule has 2 bridgehead atoms. The van der Waals surface area contributed by atoms with Gasteiger partial charge in [-0.15, -0.1) is 0 Å². The van der Waals surface area contributed by atoms with E-state index in [1.807, 2.05) is 20.8 Å². The lowest BCUT2D eigenvalue weighted by Crippen LogP contribution is -2.63. The summed E-state index contributed by atoms with van der Waals surface area (Å²) in [5, 5.41) is 11.9. The Labute approximate surface area is 95.1 Å². The maximum absolute atomic E-state index is 11.9. The highest BCUT2D eigenvalue weighted by atomic mass is 16.6. The van der Waals surface area contributed by atoms with Crippen LogP contribution in [0.4, 0.5) is 4.79 Å². The van der Waals surface area contributed by atoms with Crippen molar-refractivity contribution in [2.45, 2.75) is 57.7 Å². The molecule has 90 valence electrons. The SMILES string of the molecule is CC(C)(C)OC(=O)N1C2CC(=NO)CC1C2. The average molecular weight is 226 g/mol. The summed E-state index contributed by atoms with van der Waals surface area (Å²) in [6, 6.07) is 0.332. The van der Waals surface area contributed by atoms with Crippen LogP contribution in [0.25, 0.3) is 0 Å². The minimum Gasteiger partial charge on any atom is -0.444 e. The predicted molar refractivity (Wildman–Crippen MR) is 58.7 cm³/mol. The normalized spacial score (nSPS) is 28.4. The van der Waals surface area contributed by atoms with Gasteiger partial charge in [0.1, 0.15) is 5.60 Å². The molecule has 3 fully saturated rings. The smallest absolute Gasteiger partial charge is 0.410 e. The summed E-state index contributed by atoms with van der Waals surface area (Å²) in [5.41, 5.74) is 0.343. The molecule has 16 heavy (non-hydrogen) atoms. The van der Waals surface area contributed by atoms with Crippen molar-refractivity contribution in [3.05, 3.63) is 0 Å². The summed E-state index contributed by atoms with van der Waals surface area (Å²) < 4.78 is 5.33. The zero-order chi connectivity index (χ0) is 11.9. The number of amides is 1. The molecular weight excluding hydrogens is 208 g/mol. The molecule has 3 aliphatic rings. The maximum atomic E-state index is 11.9. The monoisotopic (exact) mass is 226 g/mol. The summed E-state index contributed by atoms with van der Waals surface area (Å²) in [5.74, 6) is 0. The number of ether oxygens (including phenoxy) is 1. The van der Waals surface area contributed by atoms with Gasteiger partial charge in [-0.1, -0.05) is 5.16 Å². The lowest BCUT2D eigenvalue weighted by Gasteiger charge is -2.52. The van der Waals surface area contributed by atoms with Gasteiger partial charge in [-0.3, -0.25) is 0 Å². The standard InChI is InChI=1S/C11H18N2O3/c1-11(2,3)16-10(14)13-8-4-7(12-15)5-9(13)6-8/h8-9,15H,4-6H2,1-3H3. The van der Waals surface area contributed by atoms with Crippen LogP contribution in [-0.2, 0) is 4.74 Å². The predicted octanol–water partition coefficient (Wildman–Crippen LogP) is 1.99. The third kappa shape index (κ3) is 1.99. The highest BCUT2D eigenvalue weighted by Gasteiger charge is 2.48. The van der Waals surface area contributed by atoms with Crippen molar-refractivity contribution in [1.82, 2.24) is 4.90 Å². The number of carbonyl (C=O) groups excluding carboxylic acids is 1. The molecule has 0 aromatic carbocycles. The summed E-state index contributed by atoms with van der Waals surface area (Å²) >= 11 is 0. The quantitative estimate of drug-likeness (QED) is 0.507. The molecule has 3 rings (SSSR count). The number of hydrogen-bond donors (Lipinski definition) is 1. The summed E-state index contributed by atoms with van der Waals surface area (Å²) in [6.07, 6.45) is 2.10. The third-order valence-corrected chi connectivity index (χ3v) is 3.02. The van der Waals surface area contributed by atoms with Gasteiger partial charge in [0.25, 0.3) is 0 Å². The van der Waals surface area contributed by atoms with Crippen LogP contribution in [0.3, 0.4) is 0 Å². The number of oxime groups is 1. The molecule has 5 nitrogen and oxygen atoms in total. The van der Waals surface area contributed by atoms with Crippen LogP contribution in [0.2, 0.25) is 0 Å². The van der Waals surface area contributed by atoms with Crippen LogP contribution in [0.15, 0.2) is 5.16 Å². The summed E-state index contributed by atoms with van der Waals surface area (Å²) in [7, 11) is 0. The van der Waals surface area contributed by atoms with E-state index >= 15 is 0 Å². The van der Waals surface area contributed by atoms with E-state index in [0.29, 0.717) is 12.8 Å². The first-order chi connectivity index (χ1) is 7.40. The van der Waals surface area contributed by atoms with Gasteiger partial charge >= 0.3 is 6.09 Å². The number of piperidine rings is 1. The van der Waals surface area contributed by atoms with Gasteiger partial charge in [0.15, 0.2) is 0 Å². The molecule has 0 spiro atoms. The molecule has 1 amide bonds. The molecule has 1 aliphatic carbocycles. The molecular formula is C11H18N2O3.